The molecule has 4 heteroatoms. The van der Waals surface area contributed by atoms with Crippen LogP contribution in [0.1, 0.15) is 5.56 Å². The Morgan fingerprint density at radius 2 is 1.75 bits per heavy atom. The molecule has 118 valence electrons. The van der Waals surface area contributed by atoms with Crippen LogP contribution in [0.4, 0.5) is 0 Å². The Labute approximate surface area is 144 Å². The Morgan fingerprint density at radius 3 is 2.62 bits per heavy atom. The van der Waals surface area contributed by atoms with E-state index in [1.165, 1.54) is 0 Å². The van der Waals surface area contributed by atoms with E-state index in [9.17, 15) is 0 Å². The Morgan fingerprint density at radius 1 is 0.917 bits per heavy atom. The van der Waals surface area contributed by atoms with Crippen LogP contribution in [0.5, 0.6) is 5.75 Å². The summed E-state index contributed by atoms with van der Waals surface area (Å²) in [7, 11) is 0. The lowest BCUT2D eigenvalue weighted by atomic mass is 10.2. The summed E-state index contributed by atoms with van der Waals surface area (Å²) in [5, 5.41) is 0.714. The van der Waals surface area contributed by atoms with Crippen LogP contribution in [-0.2, 0) is 6.61 Å². The van der Waals surface area contributed by atoms with Crippen molar-refractivity contribution in [3.05, 3.63) is 83.4 Å². The van der Waals surface area contributed by atoms with Gasteiger partial charge in [-0.15, -0.1) is 0 Å². The lowest BCUT2D eigenvalue weighted by Crippen LogP contribution is -1.96. The third kappa shape index (κ3) is 2.99. The summed E-state index contributed by atoms with van der Waals surface area (Å²) in [5.74, 6) is 1.62. The lowest BCUT2D eigenvalue weighted by Gasteiger charge is -2.08. The van der Waals surface area contributed by atoms with Crippen LogP contribution >= 0.6 is 11.6 Å². The maximum atomic E-state index is 6.17. The van der Waals surface area contributed by atoms with Gasteiger partial charge in [-0.05, 0) is 30.3 Å². The molecule has 0 aliphatic heterocycles. The molecule has 0 spiro atoms. The molecule has 0 bridgehead atoms. The van der Waals surface area contributed by atoms with Crippen molar-refractivity contribution in [3.63, 3.8) is 0 Å². The molecule has 0 saturated carbocycles. The fourth-order valence-electron chi connectivity index (χ4n) is 2.60. The normalized spacial score (nSPS) is 10.9. The smallest absolute Gasteiger partial charge is 0.138 e. The third-order valence-electron chi connectivity index (χ3n) is 3.85. The Bertz CT molecular complexity index is 961. The Hall–Kier alpha value is -2.78. The number of H-pyrrole nitrogens is 1. The number of imidazole rings is 1. The summed E-state index contributed by atoms with van der Waals surface area (Å²) >= 11 is 6.17. The number of benzene rings is 3. The molecule has 24 heavy (non-hydrogen) atoms. The van der Waals surface area contributed by atoms with Crippen molar-refractivity contribution in [1.29, 1.82) is 0 Å². The van der Waals surface area contributed by atoms with Gasteiger partial charge in [0, 0.05) is 16.1 Å². The number of aromatic nitrogens is 2. The van der Waals surface area contributed by atoms with E-state index in [-0.39, 0.29) is 0 Å². The topological polar surface area (TPSA) is 37.9 Å². The molecule has 1 aromatic heterocycles. The Balaban J connectivity index is 1.58. The number of halogens is 1. The monoisotopic (exact) mass is 334 g/mol. The molecular weight excluding hydrogens is 320 g/mol. The molecule has 3 aromatic carbocycles. The van der Waals surface area contributed by atoms with Crippen molar-refractivity contribution in [1.82, 2.24) is 9.97 Å². The van der Waals surface area contributed by atoms with Crippen molar-refractivity contribution in [2.24, 2.45) is 0 Å². The second kappa shape index (κ2) is 6.38. The molecule has 0 unspecified atom stereocenters. The molecule has 0 amide bonds. The predicted octanol–water partition coefficient (Wildman–Crippen LogP) is 5.46. The van der Waals surface area contributed by atoms with Crippen LogP contribution in [0.2, 0.25) is 5.02 Å². The van der Waals surface area contributed by atoms with Gasteiger partial charge in [0.1, 0.15) is 18.2 Å². The number of fused-ring (bicyclic) bond motifs is 1. The van der Waals surface area contributed by atoms with Gasteiger partial charge < -0.3 is 9.72 Å². The molecule has 0 fully saturated rings. The van der Waals surface area contributed by atoms with E-state index in [2.05, 4.69) is 9.97 Å². The van der Waals surface area contributed by atoms with Crippen LogP contribution in [0.25, 0.3) is 22.4 Å². The highest BCUT2D eigenvalue weighted by Crippen LogP contribution is 2.25. The van der Waals surface area contributed by atoms with E-state index in [1.54, 1.807) is 0 Å². The number of aromatic amines is 1. The van der Waals surface area contributed by atoms with Crippen molar-refractivity contribution in [3.8, 4) is 17.1 Å². The number of rotatable bonds is 4. The molecule has 4 aromatic rings. The average Bonchev–Trinajstić information content (AvgIpc) is 3.06. The molecule has 0 aliphatic carbocycles. The van der Waals surface area contributed by atoms with Gasteiger partial charge in [0.15, 0.2) is 0 Å². The van der Waals surface area contributed by atoms with Crippen LogP contribution in [0, 0.1) is 0 Å². The zero-order chi connectivity index (χ0) is 16.4. The summed E-state index contributed by atoms with van der Waals surface area (Å²) in [6, 6.07) is 23.6. The van der Waals surface area contributed by atoms with Gasteiger partial charge in [-0.25, -0.2) is 4.98 Å². The predicted molar refractivity (Wildman–Crippen MR) is 97.3 cm³/mol. The molecule has 0 atom stereocenters. The summed E-state index contributed by atoms with van der Waals surface area (Å²) < 4.78 is 5.88. The summed E-state index contributed by atoms with van der Waals surface area (Å²) in [5.41, 5.74) is 3.93. The number of hydrogen-bond acceptors (Lipinski definition) is 2. The molecule has 1 N–H and O–H groups in total. The summed E-state index contributed by atoms with van der Waals surface area (Å²) in [4.78, 5) is 7.96. The zero-order valence-electron chi connectivity index (χ0n) is 12.9. The first-order valence-corrected chi connectivity index (χ1v) is 8.09. The van der Waals surface area contributed by atoms with Crippen molar-refractivity contribution in [2.75, 3.05) is 0 Å². The second-order valence-electron chi connectivity index (χ2n) is 5.51. The highest BCUT2D eigenvalue weighted by Gasteiger charge is 2.06. The number of nitrogens with zero attached hydrogens (tertiary/aromatic N) is 1. The largest absolute Gasteiger partial charge is 0.489 e. The van der Waals surface area contributed by atoms with Gasteiger partial charge in [0.2, 0.25) is 0 Å². The number of hydrogen-bond donors (Lipinski definition) is 1. The quantitative estimate of drug-likeness (QED) is 0.538. The molecule has 3 nitrogen and oxygen atoms in total. The van der Waals surface area contributed by atoms with Crippen molar-refractivity contribution >= 4 is 22.6 Å². The first-order valence-electron chi connectivity index (χ1n) is 7.71. The van der Waals surface area contributed by atoms with Crippen molar-refractivity contribution < 1.29 is 4.74 Å². The summed E-state index contributed by atoms with van der Waals surface area (Å²) in [6.07, 6.45) is 0. The SMILES string of the molecule is Clc1ccccc1COc1cccc(-c2nc3ccccc3[nH]2)c1. The number of ether oxygens (including phenoxy) is 1. The van der Waals surface area contributed by atoms with Gasteiger partial charge in [-0.3, -0.25) is 0 Å². The van der Waals surface area contributed by atoms with Gasteiger partial charge in [0.25, 0.3) is 0 Å². The van der Waals surface area contributed by atoms with Crippen LogP contribution < -0.4 is 4.74 Å². The van der Waals surface area contributed by atoms with E-state index in [1.807, 2.05) is 72.8 Å². The van der Waals surface area contributed by atoms with E-state index in [4.69, 9.17) is 16.3 Å². The highest BCUT2D eigenvalue weighted by molar-refractivity contribution is 6.31. The minimum Gasteiger partial charge on any atom is -0.489 e. The highest BCUT2D eigenvalue weighted by atomic mass is 35.5. The first-order chi connectivity index (χ1) is 11.8. The maximum Gasteiger partial charge on any atom is 0.138 e. The molecule has 0 aliphatic rings. The Kier molecular flexibility index (Phi) is 3.93. The van der Waals surface area contributed by atoms with Gasteiger partial charge in [-0.2, -0.15) is 0 Å². The standard InChI is InChI=1S/C20H15ClN2O/c21-17-9-2-1-6-15(17)13-24-16-8-5-7-14(12-16)20-22-18-10-3-4-11-19(18)23-20/h1-12H,13H2,(H,22,23). The fraction of sp³-hybridized carbons (Fsp3) is 0.0500. The summed E-state index contributed by atoms with van der Waals surface area (Å²) in [6.45, 7) is 0.434. The van der Waals surface area contributed by atoms with E-state index in [0.717, 1.165) is 33.7 Å². The van der Waals surface area contributed by atoms with Crippen molar-refractivity contribution in [2.45, 2.75) is 6.61 Å². The zero-order valence-corrected chi connectivity index (χ0v) is 13.6. The average molecular weight is 335 g/mol. The maximum absolute atomic E-state index is 6.17. The molecule has 4 rings (SSSR count). The molecular formula is C20H15ClN2O. The third-order valence-corrected chi connectivity index (χ3v) is 4.22. The van der Waals surface area contributed by atoms with Crippen LogP contribution in [0.3, 0.4) is 0 Å². The van der Waals surface area contributed by atoms with Gasteiger partial charge >= 0.3 is 0 Å². The van der Waals surface area contributed by atoms with Crippen LogP contribution in [-0.4, -0.2) is 9.97 Å². The number of para-hydroxylation sites is 2. The molecule has 0 saturated heterocycles. The number of nitrogens with one attached hydrogen (secondary N) is 1. The lowest BCUT2D eigenvalue weighted by molar-refractivity contribution is 0.306. The van der Waals surface area contributed by atoms with Crippen LogP contribution in [0.15, 0.2) is 72.8 Å². The molecule has 1 heterocycles. The van der Waals surface area contributed by atoms with E-state index in [0.29, 0.717) is 11.6 Å². The second-order valence-corrected chi connectivity index (χ2v) is 5.92. The van der Waals surface area contributed by atoms with Gasteiger partial charge in [-0.1, -0.05) is 54.1 Å². The molecule has 0 radical (unpaired) electrons. The first kappa shape index (κ1) is 14.8. The van der Waals surface area contributed by atoms with E-state index < -0.39 is 0 Å². The minimum atomic E-state index is 0.434. The van der Waals surface area contributed by atoms with Gasteiger partial charge in [0.05, 0.1) is 11.0 Å². The fourth-order valence-corrected chi connectivity index (χ4v) is 2.79. The van der Waals surface area contributed by atoms with E-state index >= 15 is 0 Å². The minimum absolute atomic E-state index is 0.434.